The lowest BCUT2D eigenvalue weighted by Gasteiger charge is -2.15. The van der Waals surface area contributed by atoms with Crippen molar-refractivity contribution in [1.29, 1.82) is 0 Å². The van der Waals surface area contributed by atoms with E-state index in [4.69, 9.17) is 4.74 Å². The van der Waals surface area contributed by atoms with E-state index in [1.165, 1.54) is 19.3 Å². The topological polar surface area (TPSA) is 66.8 Å². The molecule has 0 radical (unpaired) electrons. The van der Waals surface area contributed by atoms with E-state index in [1.807, 2.05) is 0 Å². The fourth-order valence-corrected chi connectivity index (χ4v) is 3.30. The highest BCUT2D eigenvalue weighted by molar-refractivity contribution is 9.10. The Morgan fingerprint density at radius 3 is 2.62 bits per heavy atom. The van der Waals surface area contributed by atoms with Crippen LogP contribution in [-0.2, 0) is 4.79 Å². The number of aromatic hydroxyl groups is 1. The van der Waals surface area contributed by atoms with E-state index in [9.17, 15) is 14.7 Å². The predicted molar refractivity (Wildman–Crippen MR) is 104 cm³/mol. The predicted octanol–water partition coefficient (Wildman–Crippen LogP) is 4.19. The minimum atomic E-state index is -0.150. The summed E-state index contributed by atoms with van der Waals surface area (Å²) in [4.78, 5) is 25.9. The molecule has 1 aliphatic heterocycles. The largest absolute Gasteiger partial charge is 0.504 e. The molecule has 1 saturated heterocycles. The Balaban J connectivity index is 1.76. The van der Waals surface area contributed by atoms with Crippen LogP contribution < -0.4 is 9.64 Å². The van der Waals surface area contributed by atoms with Crippen molar-refractivity contribution < 1.29 is 19.4 Å². The van der Waals surface area contributed by atoms with E-state index < -0.39 is 0 Å². The SMILES string of the molecule is COc1cc(C=CC(=O)c2ccc(N3CCCC3=O)cc2)c(Br)cc1O. The number of halogens is 1. The highest BCUT2D eigenvalue weighted by atomic mass is 79.9. The number of carbonyl (C=O) groups is 2. The molecular weight excluding hydrogens is 398 g/mol. The molecule has 1 amide bonds. The van der Waals surface area contributed by atoms with E-state index in [2.05, 4.69) is 15.9 Å². The van der Waals surface area contributed by atoms with Gasteiger partial charge in [0, 0.05) is 28.7 Å². The minimum absolute atomic E-state index is 0.0231. The van der Waals surface area contributed by atoms with Gasteiger partial charge in [-0.1, -0.05) is 15.9 Å². The van der Waals surface area contributed by atoms with Crippen LogP contribution in [0.3, 0.4) is 0 Å². The Hall–Kier alpha value is -2.60. The maximum Gasteiger partial charge on any atom is 0.227 e. The third-order valence-electron chi connectivity index (χ3n) is 4.25. The molecule has 1 N–H and O–H groups in total. The quantitative estimate of drug-likeness (QED) is 0.587. The van der Waals surface area contributed by atoms with Crippen molar-refractivity contribution in [1.82, 2.24) is 0 Å². The van der Waals surface area contributed by atoms with Crippen molar-refractivity contribution in [2.45, 2.75) is 12.8 Å². The molecule has 1 aliphatic rings. The van der Waals surface area contributed by atoms with E-state index in [1.54, 1.807) is 41.3 Å². The highest BCUT2D eigenvalue weighted by Gasteiger charge is 2.21. The van der Waals surface area contributed by atoms with Gasteiger partial charge in [-0.3, -0.25) is 9.59 Å². The lowest BCUT2D eigenvalue weighted by molar-refractivity contribution is -0.117. The molecular formula is C20H18BrNO4. The Kier molecular flexibility index (Phi) is 5.42. The molecule has 6 heteroatoms. The normalized spacial score (nSPS) is 14.2. The number of anilines is 1. The summed E-state index contributed by atoms with van der Waals surface area (Å²) in [6.07, 6.45) is 4.57. The molecule has 26 heavy (non-hydrogen) atoms. The van der Waals surface area contributed by atoms with Crippen molar-refractivity contribution in [3.63, 3.8) is 0 Å². The molecule has 1 heterocycles. The highest BCUT2D eigenvalue weighted by Crippen LogP contribution is 2.33. The lowest BCUT2D eigenvalue weighted by Crippen LogP contribution is -2.23. The van der Waals surface area contributed by atoms with Gasteiger partial charge in [-0.15, -0.1) is 0 Å². The number of nitrogens with zero attached hydrogens (tertiary/aromatic N) is 1. The van der Waals surface area contributed by atoms with Gasteiger partial charge in [0.1, 0.15) is 0 Å². The van der Waals surface area contributed by atoms with E-state index in [0.29, 0.717) is 27.8 Å². The van der Waals surface area contributed by atoms with E-state index >= 15 is 0 Å². The summed E-state index contributed by atoms with van der Waals surface area (Å²) in [5.74, 6) is 0.327. The van der Waals surface area contributed by atoms with Crippen molar-refractivity contribution >= 4 is 39.4 Å². The van der Waals surface area contributed by atoms with Crippen molar-refractivity contribution in [2.75, 3.05) is 18.6 Å². The van der Waals surface area contributed by atoms with Gasteiger partial charge in [0.15, 0.2) is 17.3 Å². The molecule has 134 valence electrons. The van der Waals surface area contributed by atoms with Crippen molar-refractivity contribution in [2.24, 2.45) is 0 Å². The number of ketones is 1. The molecule has 1 fully saturated rings. The van der Waals surface area contributed by atoms with Gasteiger partial charge < -0.3 is 14.7 Å². The van der Waals surface area contributed by atoms with Crippen LogP contribution in [0, 0.1) is 0 Å². The molecule has 0 saturated carbocycles. The van der Waals surface area contributed by atoms with Crippen LogP contribution in [-0.4, -0.2) is 30.5 Å². The Labute approximate surface area is 160 Å². The molecule has 0 spiro atoms. The summed E-state index contributed by atoms with van der Waals surface area (Å²) < 4.78 is 5.74. The molecule has 0 unspecified atom stereocenters. The zero-order chi connectivity index (χ0) is 18.7. The zero-order valence-electron chi connectivity index (χ0n) is 14.2. The molecule has 0 aromatic heterocycles. The third-order valence-corrected chi connectivity index (χ3v) is 4.94. The second-order valence-corrected chi connectivity index (χ2v) is 6.79. The number of carbonyl (C=O) groups excluding carboxylic acids is 2. The number of phenols is 1. The molecule has 0 bridgehead atoms. The molecule has 2 aromatic rings. The smallest absolute Gasteiger partial charge is 0.227 e. The summed E-state index contributed by atoms with van der Waals surface area (Å²) in [5, 5.41) is 9.73. The van der Waals surface area contributed by atoms with Crippen LogP contribution in [0.25, 0.3) is 6.08 Å². The van der Waals surface area contributed by atoms with Crippen LogP contribution in [0.2, 0.25) is 0 Å². The Morgan fingerprint density at radius 1 is 1.27 bits per heavy atom. The van der Waals surface area contributed by atoms with E-state index in [0.717, 1.165) is 18.7 Å². The van der Waals surface area contributed by atoms with Gasteiger partial charge in [-0.05, 0) is 60.5 Å². The summed E-state index contributed by atoms with van der Waals surface area (Å²) in [6, 6.07) is 10.2. The van der Waals surface area contributed by atoms with Crippen LogP contribution >= 0.6 is 15.9 Å². The first kappa shape index (κ1) is 18.2. The molecule has 0 atom stereocenters. The first-order chi connectivity index (χ1) is 12.5. The molecule has 2 aromatic carbocycles. The van der Waals surface area contributed by atoms with Crippen LogP contribution in [0.15, 0.2) is 46.9 Å². The first-order valence-corrected chi connectivity index (χ1v) is 8.98. The van der Waals surface area contributed by atoms with Gasteiger partial charge in [0.05, 0.1) is 7.11 Å². The Morgan fingerprint density at radius 2 is 2.00 bits per heavy atom. The fourth-order valence-electron chi connectivity index (χ4n) is 2.84. The average molecular weight is 416 g/mol. The summed E-state index contributed by atoms with van der Waals surface area (Å²) in [6.45, 7) is 0.725. The van der Waals surface area contributed by atoms with Gasteiger partial charge in [0.2, 0.25) is 5.91 Å². The first-order valence-electron chi connectivity index (χ1n) is 8.19. The van der Waals surface area contributed by atoms with Gasteiger partial charge in [-0.2, -0.15) is 0 Å². The number of hydrogen-bond donors (Lipinski definition) is 1. The number of phenolic OH excluding ortho intramolecular Hbond substituents is 1. The summed E-state index contributed by atoms with van der Waals surface area (Å²) in [7, 11) is 1.47. The number of amides is 1. The maximum atomic E-state index is 12.4. The number of rotatable bonds is 5. The van der Waals surface area contributed by atoms with Gasteiger partial charge >= 0.3 is 0 Å². The number of methoxy groups -OCH3 is 1. The number of ether oxygens (including phenoxy) is 1. The average Bonchev–Trinajstić information content (AvgIpc) is 3.07. The van der Waals surface area contributed by atoms with Gasteiger partial charge in [-0.25, -0.2) is 0 Å². The van der Waals surface area contributed by atoms with Crippen molar-refractivity contribution in [3.8, 4) is 11.5 Å². The zero-order valence-corrected chi connectivity index (χ0v) is 15.8. The van der Waals surface area contributed by atoms with Crippen LogP contribution in [0.5, 0.6) is 11.5 Å². The molecule has 5 nitrogen and oxygen atoms in total. The van der Waals surface area contributed by atoms with Crippen molar-refractivity contribution in [3.05, 3.63) is 58.1 Å². The second kappa shape index (κ2) is 7.74. The second-order valence-electron chi connectivity index (χ2n) is 5.94. The maximum absolute atomic E-state index is 12.4. The monoisotopic (exact) mass is 415 g/mol. The Bertz CT molecular complexity index is 874. The number of hydrogen-bond acceptors (Lipinski definition) is 4. The standard InChI is InChI=1S/C20H18BrNO4/c1-26-19-11-14(16(21)12-18(19)24)6-9-17(23)13-4-7-15(8-5-13)22-10-2-3-20(22)25/h4-9,11-12,24H,2-3,10H2,1H3. The third kappa shape index (κ3) is 3.80. The number of benzene rings is 2. The van der Waals surface area contributed by atoms with E-state index in [-0.39, 0.29) is 17.4 Å². The molecule has 3 rings (SSSR count). The summed E-state index contributed by atoms with van der Waals surface area (Å²) >= 11 is 3.35. The summed E-state index contributed by atoms with van der Waals surface area (Å²) in [5.41, 5.74) is 2.07. The molecule has 0 aliphatic carbocycles. The van der Waals surface area contributed by atoms with Gasteiger partial charge in [0.25, 0.3) is 0 Å². The number of allylic oxidation sites excluding steroid dienone is 1. The van der Waals surface area contributed by atoms with Crippen LogP contribution in [0.1, 0.15) is 28.8 Å². The lowest BCUT2D eigenvalue weighted by atomic mass is 10.1. The fraction of sp³-hybridized carbons (Fsp3) is 0.200. The van der Waals surface area contributed by atoms with Crippen LogP contribution in [0.4, 0.5) is 5.69 Å². The minimum Gasteiger partial charge on any atom is -0.504 e.